The van der Waals surface area contributed by atoms with Crippen molar-refractivity contribution in [2.24, 2.45) is 4.99 Å². The first kappa shape index (κ1) is 20.0. The Hall–Kier alpha value is -1.35. The number of alkyl halides is 3. The Morgan fingerprint density at radius 1 is 1.36 bits per heavy atom. The van der Waals surface area contributed by atoms with Crippen LogP contribution in [-0.2, 0) is 6.42 Å². The number of hydrogen-bond donors (Lipinski definition) is 1. The smallest absolute Gasteiger partial charge is 0.357 e. The summed E-state index contributed by atoms with van der Waals surface area (Å²) in [5.74, 6) is 0.772. The first-order valence-electron chi connectivity index (χ1n) is 8.56. The maximum Gasteiger partial charge on any atom is 0.403 e. The second-order valence-corrected chi connectivity index (χ2v) is 7.15. The number of nitrogens with one attached hydrogen (secondary N) is 1. The van der Waals surface area contributed by atoms with Crippen LogP contribution in [-0.4, -0.2) is 72.2 Å². The molecule has 1 aromatic heterocycles. The van der Waals surface area contributed by atoms with Crippen molar-refractivity contribution in [1.82, 2.24) is 20.1 Å². The number of thiazole rings is 1. The van der Waals surface area contributed by atoms with Crippen molar-refractivity contribution < 1.29 is 13.2 Å². The lowest BCUT2D eigenvalue weighted by Crippen LogP contribution is -2.56. The number of rotatable bonds is 5. The molecule has 0 radical (unpaired) electrons. The number of aryl methyl sites for hydroxylation is 1. The molecule has 0 bridgehead atoms. The van der Waals surface area contributed by atoms with Crippen molar-refractivity contribution in [3.63, 3.8) is 0 Å². The van der Waals surface area contributed by atoms with Crippen molar-refractivity contribution >= 4 is 17.3 Å². The van der Waals surface area contributed by atoms with E-state index in [9.17, 15) is 13.2 Å². The molecular formula is C16H26F3N5S. The van der Waals surface area contributed by atoms with Gasteiger partial charge in [-0.15, -0.1) is 11.3 Å². The van der Waals surface area contributed by atoms with Gasteiger partial charge in [-0.25, -0.2) is 4.98 Å². The van der Waals surface area contributed by atoms with Crippen LogP contribution in [0.25, 0.3) is 0 Å². The van der Waals surface area contributed by atoms with Gasteiger partial charge in [0.05, 0.1) is 10.7 Å². The molecule has 0 aromatic carbocycles. The van der Waals surface area contributed by atoms with E-state index in [4.69, 9.17) is 0 Å². The highest BCUT2D eigenvalue weighted by molar-refractivity contribution is 7.09. The van der Waals surface area contributed by atoms with Gasteiger partial charge in [0, 0.05) is 51.1 Å². The van der Waals surface area contributed by atoms with Gasteiger partial charge in [0.2, 0.25) is 0 Å². The normalized spacial score (nSPS) is 18.5. The summed E-state index contributed by atoms with van der Waals surface area (Å²) in [4.78, 5) is 12.6. The highest BCUT2D eigenvalue weighted by atomic mass is 32.1. The van der Waals surface area contributed by atoms with Crippen molar-refractivity contribution in [3.8, 4) is 0 Å². The van der Waals surface area contributed by atoms with Gasteiger partial charge in [0.15, 0.2) is 5.96 Å². The first-order chi connectivity index (χ1) is 11.8. The lowest BCUT2D eigenvalue weighted by Gasteiger charge is -2.39. The number of aliphatic imine (C=N–C) groups is 1. The summed E-state index contributed by atoms with van der Waals surface area (Å²) >= 11 is 1.62. The van der Waals surface area contributed by atoms with Crippen molar-refractivity contribution in [2.45, 2.75) is 39.4 Å². The van der Waals surface area contributed by atoms with Gasteiger partial charge in [-0.2, -0.15) is 13.2 Å². The molecule has 2 heterocycles. The molecule has 0 amide bonds. The van der Waals surface area contributed by atoms with E-state index in [1.165, 1.54) is 11.8 Å². The van der Waals surface area contributed by atoms with Crippen LogP contribution in [0.1, 0.15) is 24.5 Å². The second-order valence-electron chi connectivity index (χ2n) is 6.08. The molecule has 0 spiro atoms. The van der Waals surface area contributed by atoms with Crippen LogP contribution in [0.5, 0.6) is 0 Å². The summed E-state index contributed by atoms with van der Waals surface area (Å²) in [6.07, 6.45) is -3.41. The zero-order valence-electron chi connectivity index (χ0n) is 14.9. The van der Waals surface area contributed by atoms with Gasteiger partial charge in [0.1, 0.15) is 6.04 Å². The van der Waals surface area contributed by atoms with Gasteiger partial charge in [0.25, 0.3) is 0 Å². The molecule has 25 heavy (non-hydrogen) atoms. The number of nitrogens with zero attached hydrogens (tertiary/aromatic N) is 4. The average molecular weight is 377 g/mol. The molecule has 1 saturated heterocycles. The van der Waals surface area contributed by atoms with Crippen LogP contribution in [0, 0.1) is 6.92 Å². The summed E-state index contributed by atoms with van der Waals surface area (Å²) in [6.45, 7) is 8.39. The van der Waals surface area contributed by atoms with E-state index < -0.39 is 12.2 Å². The molecule has 1 N–H and O–H groups in total. The SMILES string of the molecule is CCNC(=NCCc1csc(C)n1)N1CCN(C(C)C(F)(F)F)CC1. The molecule has 1 aliphatic heterocycles. The standard InChI is InChI=1S/C16H26F3N5S/c1-4-20-15(21-6-5-14-11-25-13(3)22-14)24-9-7-23(8-10-24)12(2)16(17,18)19/h11-12H,4-10H2,1-3H3,(H,20,21). The fraction of sp³-hybridized carbons (Fsp3) is 0.750. The van der Waals surface area contributed by atoms with E-state index in [-0.39, 0.29) is 0 Å². The summed E-state index contributed by atoms with van der Waals surface area (Å²) in [6, 6.07) is -1.40. The van der Waals surface area contributed by atoms with Crippen molar-refractivity contribution in [3.05, 3.63) is 16.1 Å². The van der Waals surface area contributed by atoms with E-state index in [1.54, 1.807) is 11.3 Å². The minimum absolute atomic E-state index is 0.385. The second kappa shape index (κ2) is 8.84. The van der Waals surface area contributed by atoms with Crippen LogP contribution in [0.4, 0.5) is 13.2 Å². The molecule has 1 unspecified atom stereocenters. The molecule has 2 rings (SSSR count). The van der Waals surface area contributed by atoms with Gasteiger partial charge in [-0.3, -0.25) is 9.89 Å². The predicted octanol–water partition coefficient (Wildman–Crippen LogP) is 2.53. The maximum atomic E-state index is 12.8. The van der Waals surface area contributed by atoms with E-state index >= 15 is 0 Å². The van der Waals surface area contributed by atoms with E-state index in [2.05, 4.69) is 15.3 Å². The Morgan fingerprint density at radius 2 is 2.04 bits per heavy atom. The maximum absolute atomic E-state index is 12.8. The van der Waals surface area contributed by atoms with E-state index in [1.807, 2.05) is 24.1 Å². The Morgan fingerprint density at radius 3 is 2.56 bits per heavy atom. The van der Waals surface area contributed by atoms with Crippen molar-refractivity contribution in [2.75, 3.05) is 39.3 Å². The summed E-state index contributed by atoms with van der Waals surface area (Å²) in [5.41, 5.74) is 1.03. The molecule has 1 atom stereocenters. The van der Waals surface area contributed by atoms with Crippen molar-refractivity contribution in [1.29, 1.82) is 0 Å². The number of guanidine groups is 1. The molecule has 0 saturated carbocycles. The lowest BCUT2D eigenvalue weighted by molar-refractivity contribution is -0.181. The number of hydrogen-bond acceptors (Lipinski definition) is 4. The van der Waals surface area contributed by atoms with Crippen LogP contribution >= 0.6 is 11.3 Å². The zero-order valence-corrected chi connectivity index (χ0v) is 15.8. The minimum atomic E-state index is -4.17. The molecule has 1 fully saturated rings. The molecule has 1 aliphatic rings. The number of aromatic nitrogens is 1. The van der Waals surface area contributed by atoms with Gasteiger partial charge < -0.3 is 10.2 Å². The monoisotopic (exact) mass is 377 g/mol. The third-order valence-electron chi connectivity index (χ3n) is 4.27. The quantitative estimate of drug-likeness (QED) is 0.633. The Labute approximate surface area is 150 Å². The topological polar surface area (TPSA) is 43.8 Å². The van der Waals surface area contributed by atoms with Crippen LogP contribution in [0.15, 0.2) is 10.4 Å². The Balaban J connectivity index is 1.89. The molecule has 9 heteroatoms. The average Bonchev–Trinajstić information content (AvgIpc) is 2.98. The third kappa shape index (κ3) is 5.85. The zero-order chi connectivity index (χ0) is 18.4. The van der Waals surface area contributed by atoms with Crippen LogP contribution < -0.4 is 5.32 Å². The molecule has 5 nitrogen and oxygen atoms in total. The Bertz CT molecular complexity index is 564. The number of halogens is 3. The lowest BCUT2D eigenvalue weighted by atomic mass is 10.2. The summed E-state index contributed by atoms with van der Waals surface area (Å²) < 4.78 is 38.5. The van der Waals surface area contributed by atoms with Gasteiger partial charge in [-0.1, -0.05) is 0 Å². The highest BCUT2D eigenvalue weighted by Gasteiger charge is 2.41. The molecule has 142 valence electrons. The van der Waals surface area contributed by atoms with Crippen LogP contribution in [0.3, 0.4) is 0 Å². The van der Waals surface area contributed by atoms with Crippen LogP contribution in [0.2, 0.25) is 0 Å². The largest absolute Gasteiger partial charge is 0.403 e. The molecule has 1 aromatic rings. The van der Waals surface area contributed by atoms with Gasteiger partial charge >= 0.3 is 6.18 Å². The summed E-state index contributed by atoms with van der Waals surface area (Å²) in [5, 5.41) is 6.31. The molecular weight excluding hydrogens is 351 g/mol. The fourth-order valence-corrected chi connectivity index (χ4v) is 3.40. The third-order valence-corrected chi connectivity index (χ3v) is 5.09. The predicted molar refractivity (Wildman–Crippen MR) is 95.2 cm³/mol. The van der Waals surface area contributed by atoms with E-state index in [0.29, 0.717) is 32.7 Å². The summed E-state index contributed by atoms with van der Waals surface area (Å²) in [7, 11) is 0. The van der Waals surface area contributed by atoms with Gasteiger partial charge in [-0.05, 0) is 20.8 Å². The Kier molecular flexibility index (Phi) is 7.06. The number of piperazine rings is 1. The minimum Gasteiger partial charge on any atom is -0.357 e. The van der Waals surface area contributed by atoms with E-state index in [0.717, 1.165) is 29.6 Å². The fourth-order valence-electron chi connectivity index (χ4n) is 2.75. The first-order valence-corrected chi connectivity index (χ1v) is 9.44. The molecule has 0 aliphatic carbocycles. The highest BCUT2D eigenvalue weighted by Crippen LogP contribution is 2.25.